The highest BCUT2D eigenvalue weighted by molar-refractivity contribution is 7.99. The molecule has 0 radical (unpaired) electrons. The van der Waals surface area contributed by atoms with Crippen LogP contribution >= 0.6 is 11.8 Å². The maximum absolute atomic E-state index is 12.2. The van der Waals surface area contributed by atoms with Crippen LogP contribution in [0, 0.1) is 0 Å². The minimum atomic E-state index is -0.0893. The summed E-state index contributed by atoms with van der Waals surface area (Å²) in [6.45, 7) is 0.408. The van der Waals surface area contributed by atoms with Gasteiger partial charge in [0.2, 0.25) is 5.91 Å². The number of ether oxygens (including phenoxy) is 3. The molecule has 2 aromatic carbocycles. The van der Waals surface area contributed by atoms with E-state index in [1.165, 1.54) is 11.8 Å². The van der Waals surface area contributed by atoms with E-state index in [0.717, 1.165) is 16.9 Å². The van der Waals surface area contributed by atoms with Crippen LogP contribution in [0.4, 0.5) is 0 Å². The number of para-hydroxylation sites is 1. The Morgan fingerprint density at radius 3 is 2.43 bits per heavy atom. The van der Waals surface area contributed by atoms with Crippen molar-refractivity contribution in [3.8, 4) is 28.5 Å². The molecule has 0 bridgehead atoms. The van der Waals surface area contributed by atoms with E-state index in [9.17, 15) is 4.79 Å². The first-order valence-corrected chi connectivity index (χ1v) is 10.2. The third-order valence-corrected chi connectivity index (χ3v) is 5.26. The Morgan fingerprint density at radius 2 is 1.73 bits per heavy atom. The van der Waals surface area contributed by atoms with Crippen molar-refractivity contribution < 1.29 is 19.0 Å². The smallest absolute Gasteiger partial charge is 0.230 e. The summed E-state index contributed by atoms with van der Waals surface area (Å²) in [6, 6.07) is 16.8. The van der Waals surface area contributed by atoms with Gasteiger partial charge in [0.1, 0.15) is 22.3 Å². The number of carbonyl (C=O) groups excluding carboxylic acids is 1. The molecule has 1 N–H and O–H groups in total. The molecule has 0 aliphatic heterocycles. The molecule has 1 amide bonds. The number of carbonyl (C=O) groups is 1. The van der Waals surface area contributed by atoms with Gasteiger partial charge < -0.3 is 19.5 Å². The summed E-state index contributed by atoms with van der Waals surface area (Å²) in [7, 11) is 4.81. The monoisotopic (exact) mass is 425 g/mol. The summed E-state index contributed by atoms with van der Waals surface area (Å²) in [5, 5.41) is 12.0. The molecule has 0 saturated carbocycles. The van der Waals surface area contributed by atoms with Crippen LogP contribution in [0.25, 0.3) is 11.3 Å². The average molecular weight is 426 g/mol. The predicted octanol–water partition coefficient (Wildman–Crippen LogP) is 3.58. The second-order valence-corrected chi connectivity index (χ2v) is 7.20. The number of benzene rings is 2. The topological polar surface area (TPSA) is 82.6 Å². The van der Waals surface area contributed by atoms with Gasteiger partial charge in [-0.05, 0) is 30.3 Å². The van der Waals surface area contributed by atoms with Gasteiger partial charge in [0.05, 0.1) is 32.8 Å². The van der Waals surface area contributed by atoms with Gasteiger partial charge >= 0.3 is 0 Å². The lowest BCUT2D eigenvalue weighted by molar-refractivity contribution is -0.118. The Balaban J connectivity index is 1.56. The number of aromatic nitrogens is 2. The summed E-state index contributed by atoms with van der Waals surface area (Å²) < 4.78 is 15.9. The number of nitrogens with zero attached hydrogens (tertiary/aromatic N) is 2. The second kappa shape index (κ2) is 10.5. The molecule has 3 aromatic rings. The molecule has 0 aliphatic carbocycles. The van der Waals surface area contributed by atoms with Crippen LogP contribution < -0.4 is 19.5 Å². The fourth-order valence-electron chi connectivity index (χ4n) is 2.78. The van der Waals surface area contributed by atoms with Crippen LogP contribution in [0.1, 0.15) is 5.56 Å². The zero-order valence-corrected chi connectivity index (χ0v) is 17.9. The molecule has 156 valence electrons. The van der Waals surface area contributed by atoms with E-state index in [2.05, 4.69) is 15.5 Å². The molecule has 0 unspecified atom stereocenters. The van der Waals surface area contributed by atoms with Crippen LogP contribution in [0.15, 0.2) is 59.6 Å². The first-order valence-electron chi connectivity index (χ1n) is 9.22. The van der Waals surface area contributed by atoms with Gasteiger partial charge in [-0.25, -0.2) is 0 Å². The van der Waals surface area contributed by atoms with Crippen molar-refractivity contribution in [2.45, 2.75) is 11.6 Å². The fraction of sp³-hybridized carbons (Fsp3) is 0.227. The first-order chi connectivity index (χ1) is 14.6. The molecule has 7 nitrogen and oxygen atoms in total. The molecule has 8 heteroatoms. The van der Waals surface area contributed by atoms with Crippen LogP contribution in [0.5, 0.6) is 17.2 Å². The maximum Gasteiger partial charge on any atom is 0.230 e. The highest BCUT2D eigenvalue weighted by atomic mass is 32.2. The molecule has 0 saturated heterocycles. The van der Waals surface area contributed by atoms with Gasteiger partial charge in [-0.1, -0.05) is 30.0 Å². The van der Waals surface area contributed by atoms with Crippen molar-refractivity contribution in [1.29, 1.82) is 0 Å². The Kier molecular flexibility index (Phi) is 7.51. The van der Waals surface area contributed by atoms with Crippen molar-refractivity contribution in [2.24, 2.45) is 0 Å². The number of hydrogen-bond acceptors (Lipinski definition) is 7. The van der Waals surface area contributed by atoms with Gasteiger partial charge in [0.15, 0.2) is 0 Å². The summed E-state index contributed by atoms with van der Waals surface area (Å²) in [4.78, 5) is 12.2. The Morgan fingerprint density at radius 1 is 0.933 bits per heavy atom. The lowest BCUT2D eigenvalue weighted by Gasteiger charge is -2.10. The summed E-state index contributed by atoms with van der Waals surface area (Å²) in [5.41, 5.74) is 2.42. The maximum atomic E-state index is 12.2. The number of nitrogens with one attached hydrogen (secondary N) is 1. The predicted molar refractivity (Wildman–Crippen MR) is 116 cm³/mol. The standard InChI is InChI=1S/C22H23N3O4S/c1-27-16-8-9-17(20(12-16)29-3)18-10-11-22(25-24-18)30-14-21(26)23-13-15-6-4-5-7-19(15)28-2/h4-12H,13-14H2,1-3H3,(H,23,26). The summed E-state index contributed by atoms with van der Waals surface area (Å²) in [5.74, 6) is 2.26. The van der Waals surface area contributed by atoms with E-state index in [0.29, 0.717) is 28.8 Å². The van der Waals surface area contributed by atoms with E-state index < -0.39 is 0 Å². The number of rotatable bonds is 9. The van der Waals surface area contributed by atoms with Crippen LogP contribution in [0.2, 0.25) is 0 Å². The van der Waals surface area contributed by atoms with E-state index >= 15 is 0 Å². The Labute approximate surface area is 179 Å². The van der Waals surface area contributed by atoms with E-state index in [4.69, 9.17) is 14.2 Å². The highest BCUT2D eigenvalue weighted by Gasteiger charge is 2.11. The van der Waals surface area contributed by atoms with Gasteiger partial charge in [0, 0.05) is 23.7 Å². The highest BCUT2D eigenvalue weighted by Crippen LogP contribution is 2.32. The van der Waals surface area contributed by atoms with Crippen molar-refractivity contribution in [1.82, 2.24) is 15.5 Å². The molecule has 1 aromatic heterocycles. The van der Waals surface area contributed by atoms with Gasteiger partial charge in [-0.15, -0.1) is 10.2 Å². The van der Waals surface area contributed by atoms with E-state index in [-0.39, 0.29) is 11.7 Å². The zero-order chi connectivity index (χ0) is 21.3. The average Bonchev–Trinajstić information content (AvgIpc) is 2.81. The summed E-state index contributed by atoms with van der Waals surface area (Å²) in [6.07, 6.45) is 0. The fourth-order valence-corrected chi connectivity index (χ4v) is 3.43. The Bertz CT molecular complexity index is 996. The van der Waals surface area contributed by atoms with Crippen molar-refractivity contribution in [3.05, 3.63) is 60.2 Å². The third-order valence-electron chi connectivity index (χ3n) is 4.34. The van der Waals surface area contributed by atoms with Crippen molar-refractivity contribution in [2.75, 3.05) is 27.1 Å². The zero-order valence-electron chi connectivity index (χ0n) is 17.0. The molecule has 1 heterocycles. The van der Waals surface area contributed by atoms with Crippen LogP contribution in [0.3, 0.4) is 0 Å². The molecule has 0 fully saturated rings. The molecule has 0 atom stereocenters. The van der Waals surface area contributed by atoms with Gasteiger partial charge in [-0.2, -0.15) is 0 Å². The van der Waals surface area contributed by atoms with E-state index in [1.54, 1.807) is 27.4 Å². The van der Waals surface area contributed by atoms with Crippen molar-refractivity contribution in [3.63, 3.8) is 0 Å². The van der Waals surface area contributed by atoms with Crippen LogP contribution in [-0.2, 0) is 11.3 Å². The third kappa shape index (κ3) is 5.42. The molecule has 3 rings (SSSR count). The van der Waals surface area contributed by atoms with Crippen molar-refractivity contribution >= 4 is 17.7 Å². The number of thioether (sulfide) groups is 1. The quantitative estimate of drug-likeness (QED) is 0.525. The molecular formula is C22H23N3O4S. The van der Waals surface area contributed by atoms with E-state index in [1.807, 2.05) is 48.5 Å². The lowest BCUT2D eigenvalue weighted by atomic mass is 10.1. The second-order valence-electron chi connectivity index (χ2n) is 6.20. The number of hydrogen-bond donors (Lipinski definition) is 1. The largest absolute Gasteiger partial charge is 0.497 e. The SMILES string of the molecule is COc1ccc(-c2ccc(SCC(=O)NCc3ccccc3OC)nn2)c(OC)c1. The minimum Gasteiger partial charge on any atom is -0.497 e. The molecular weight excluding hydrogens is 402 g/mol. The summed E-state index contributed by atoms with van der Waals surface area (Å²) >= 11 is 1.33. The minimum absolute atomic E-state index is 0.0893. The molecule has 30 heavy (non-hydrogen) atoms. The number of methoxy groups -OCH3 is 3. The molecule has 0 aliphatic rings. The lowest BCUT2D eigenvalue weighted by Crippen LogP contribution is -2.24. The van der Waals surface area contributed by atoms with Crippen LogP contribution in [-0.4, -0.2) is 43.2 Å². The van der Waals surface area contributed by atoms with Gasteiger partial charge in [0.25, 0.3) is 0 Å². The Hall–Kier alpha value is -3.26. The van der Waals surface area contributed by atoms with Gasteiger partial charge in [-0.3, -0.25) is 4.79 Å². The first kappa shape index (κ1) is 21.4. The molecule has 0 spiro atoms. The number of amides is 1. The normalized spacial score (nSPS) is 10.4.